The average Bonchev–Trinajstić information content (AvgIpc) is 2.71. The molecule has 1 N–H and O–H groups in total. The van der Waals surface area contributed by atoms with Crippen LogP contribution in [0.5, 0.6) is 0 Å². The van der Waals surface area contributed by atoms with Gasteiger partial charge >= 0.3 is 0 Å². The molecular weight excluding hydrogens is 398 g/mol. The third-order valence-electron chi connectivity index (χ3n) is 4.60. The second kappa shape index (κ2) is 12.1. The van der Waals surface area contributed by atoms with Crippen molar-refractivity contribution in [3.63, 3.8) is 0 Å². The van der Waals surface area contributed by atoms with Crippen molar-refractivity contribution >= 4 is 41.0 Å². The van der Waals surface area contributed by atoms with Crippen LogP contribution in [0.25, 0.3) is 0 Å². The van der Waals surface area contributed by atoms with E-state index in [0.717, 1.165) is 18.7 Å². The Morgan fingerprint density at radius 2 is 1.89 bits per heavy atom. The SMILES string of the molecule is CCCCCCNC(=O)CSc1nc(Cl)cc(N2CCN(C(=O)CC)CC2)n1. The Bertz CT molecular complexity index is 653. The molecule has 1 aromatic heterocycles. The minimum Gasteiger partial charge on any atom is -0.355 e. The lowest BCUT2D eigenvalue weighted by molar-refractivity contribution is -0.131. The van der Waals surface area contributed by atoms with Crippen molar-refractivity contribution < 1.29 is 9.59 Å². The number of rotatable bonds is 10. The van der Waals surface area contributed by atoms with E-state index in [2.05, 4.69) is 27.1 Å². The van der Waals surface area contributed by atoms with Crippen molar-refractivity contribution in [2.75, 3.05) is 43.4 Å². The summed E-state index contributed by atoms with van der Waals surface area (Å²) in [6, 6.07) is 1.73. The van der Waals surface area contributed by atoms with Crippen molar-refractivity contribution in [2.45, 2.75) is 51.1 Å². The molecule has 2 amide bonds. The molecule has 0 saturated carbocycles. The highest BCUT2D eigenvalue weighted by atomic mass is 35.5. The smallest absolute Gasteiger partial charge is 0.230 e. The summed E-state index contributed by atoms with van der Waals surface area (Å²) in [5.74, 6) is 1.17. The van der Waals surface area contributed by atoms with Crippen LogP contribution in [0.2, 0.25) is 5.15 Å². The molecule has 9 heteroatoms. The van der Waals surface area contributed by atoms with Gasteiger partial charge in [-0.3, -0.25) is 9.59 Å². The van der Waals surface area contributed by atoms with Gasteiger partial charge in [0.2, 0.25) is 11.8 Å². The predicted octanol–water partition coefficient (Wildman–Crippen LogP) is 2.98. The molecule has 1 aliphatic rings. The van der Waals surface area contributed by atoms with Crippen LogP contribution < -0.4 is 10.2 Å². The number of hydrogen-bond donors (Lipinski definition) is 1. The quantitative estimate of drug-likeness (QED) is 0.267. The van der Waals surface area contributed by atoms with Gasteiger partial charge in [-0.1, -0.05) is 56.5 Å². The second-order valence-electron chi connectivity index (χ2n) is 6.75. The Morgan fingerprint density at radius 1 is 1.14 bits per heavy atom. The van der Waals surface area contributed by atoms with Crippen LogP contribution in [0.15, 0.2) is 11.2 Å². The molecular formula is C19H30ClN5O2S. The maximum atomic E-state index is 12.0. The van der Waals surface area contributed by atoms with E-state index >= 15 is 0 Å². The van der Waals surface area contributed by atoms with E-state index in [0.29, 0.717) is 49.5 Å². The van der Waals surface area contributed by atoms with Crippen LogP contribution in [-0.2, 0) is 9.59 Å². The topological polar surface area (TPSA) is 78.4 Å². The molecule has 0 bridgehead atoms. The average molecular weight is 428 g/mol. The van der Waals surface area contributed by atoms with Crippen molar-refractivity contribution in [1.29, 1.82) is 0 Å². The molecule has 2 rings (SSSR count). The van der Waals surface area contributed by atoms with Gasteiger partial charge in [0.1, 0.15) is 11.0 Å². The summed E-state index contributed by atoms with van der Waals surface area (Å²) in [6.07, 6.45) is 5.06. The van der Waals surface area contributed by atoms with Crippen molar-refractivity contribution in [3.8, 4) is 0 Å². The summed E-state index contributed by atoms with van der Waals surface area (Å²) in [6.45, 7) is 7.53. The Hall–Kier alpha value is -1.54. The van der Waals surface area contributed by atoms with E-state index < -0.39 is 0 Å². The second-order valence-corrected chi connectivity index (χ2v) is 8.08. The van der Waals surface area contributed by atoms with E-state index in [1.807, 2.05) is 11.8 Å². The third-order valence-corrected chi connectivity index (χ3v) is 5.65. The first-order valence-corrected chi connectivity index (χ1v) is 11.4. The van der Waals surface area contributed by atoms with Crippen LogP contribution in [0.4, 0.5) is 5.82 Å². The van der Waals surface area contributed by atoms with E-state index in [1.165, 1.54) is 24.6 Å². The molecule has 0 aliphatic carbocycles. The number of amides is 2. The lowest BCUT2D eigenvalue weighted by Gasteiger charge is -2.35. The van der Waals surface area contributed by atoms with Crippen molar-refractivity contribution in [2.24, 2.45) is 0 Å². The molecule has 0 unspecified atom stereocenters. The summed E-state index contributed by atoms with van der Waals surface area (Å²) in [5.41, 5.74) is 0. The molecule has 28 heavy (non-hydrogen) atoms. The molecule has 0 aromatic carbocycles. The lowest BCUT2D eigenvalue weighted by Crippen LogP contribution is -2.48. The zero-order valence-electron chi connectivity index (χ0n) is 16.7. The highest BCUT2D eigenvalue weighted by Gasteiger charge is 2.21. The number of hydrogen-bond acceptors (Lipinski definition) is 6. The standard InChI is InChI=1S/C19H30ClN5O2S/c1-3-5-6-7-8-21-17(26)14-28-19-22-15(20)13-16(23-19)24-9-11-25(12-10-24)18(27)4-2/h13H,3-12,14H2,1-2H3,(H,21,26). The predicted molar refractivity (Wildman–Crippen MR) is 114 cm³/mol. The van der Waals surface area contributed by atoms with E-state index in [4.69, 9.17) is 11.6 Å². The van der Waals surface area contributed by atoms with Crippen LogP contribution in [0.3, 0.4) is 0 Å². The molecule has 1 aliphatic heterocycles. The summed E-state index contributed by atoms with van der Waals surface area (Å²) in [4.78, 5) is 36.5. The minimum absolute atomic E-state index is 0.0154. The Morgan fingerprint density at radius 3 is 2.57 bits per heavy atom. The molecule has 1 aromatic rings. The number of unbranched alkanes of at least 4 members (excludes halogenated alkanes) is 3. The number of piperazine rings is 1. The summed E-state index contributed by atoms with van der Waals surface area (Å²) < 4.78 is 0. The monoisotopic (exact) mass is 427 g/mol. The fourth-order valence-electron chi connectivity index (χ4n) is 2.98. The van der Waals surface area contributed by atoms with Gasteiger partial charge in [0.15, 0.2) is 5.16 Å². The maximum absolute atomic E-state index is 12.0. The zero-order valence-corrected chi connectivity index (χ0v) is 18.3. The van der Waals surface area contributed by atoms with E-state index in [1.54, 1.807) is 6.07 Å². The van der Waals surface area contributed by atoms with Gasteiger partial charge < -0.3 is 15.1 Å². The van der Waals surface area contributed by atoms with Gasteiger partial charge in [-0.2, -0.15) is 0 Å². The maximum Gasteiger partial charge on any atom is 0.230 e. The van der Waals surface area contributed by atoms with E-state index in [-0.39, 0.29) is 17.6 Å². The number of anilines is 1. The lowest BCUT2D eigenvalue weighted by atomic mass is 10.2. The number of nitrogens with zero attached hydrogens (tertiary/aromatic N) is 4. The van der Waals surface area contributed by atoms with Gasteiger partial charge in [0, 0.05) is 45.2 Å². The van der Waals surface area contributed by atoms with Crippen LogP contribution in [0.1, 0.15) is 46.0 Å². The molecule has 7 nitrogen and oxygen atoms in total. The Labute approximate surface area is 176 Å². The van der Waals surface area contributed by atoms with Crippen LogP contribution in [0, 0.1) is 0 Å². The van der Waals surface area contributed by atoms with Gasteiger partial charge in [0.05, 0.1) is 5.75 Å². The molecule has 0 radical (unpaired) electrons. The van der Waals surface area contributed by atoms with Crippen molar-refractivity contribution in [1.82, 2.24) is 20.2 Å². The highest BCUT2D eigenvalue weighted by Crippen LogP contribution is 2.23. The molecule has 0 atom stereocenters. The Kier molecular flexibility index (Phi) is 9.84. The van der Waals surface area contributed by atoms with Gasteiger partial charge in [0.25, 0.3) is 0 Å². The molecule has 1 fully saturated rings. The van der Waals surface area contributed by atoms with Gasteiger partial charge in [-0.25, -0.2) is 9.97 Å². The summed E-state index contributed by atoms with van der Waals surface area (Å²) >= 11 is 7.45. The van der Waals surface area contributed by atoms with Crippen LogP contribution in [-0.4, -0.2) is 65.2 Å². The first kappa shape index (κ1) is 22.7. The Balaban J connectivity index is 1.83. The third kappa shape index (κ3) is 7.47. The zero-order chi connectivity index (χ0) is 20.4. The first-order chi connectivity index (χ1) is 13.5. The number of nitrogens with one attached hydrogen (secondary N) is 1. The number of carbonyl (C=O) groups is 2. The first-order valence-electron chi connectivity index (χ1n) is 10.00. The fraction of sp³-hybridized carbons (Fsp3) is 0.684. The number of thioether (sulfide) groups is 1. The minimum atomic E-state index is -0.0154. The molecule has 0 spiro atoms. The number of carbonyl (C=O) groups excluding carboxylic acids is 2. The molecule has 2 heterocycles. The van der Waals surface area contributed by atoms with Gasteiger partial charge in [-0.05, 0) is 6.42 Å². The molecule has 1 saturated heterocycles. The van der Waals surface area contributed by atoms with E-state index in [9.17, 15) is 9.59 Å². The molecule has 156 valence electrons. The number of aromatic nitrogens is 2. The summed E-state index contributed by atoms with van der Waals surface area (Å²) in [5, 5.41) is 3.79. The normalized spacial score (nSPS) is 14.2. The summed E-state index contributed by atoms with van der Waals surface area (Å²) in [7, 11) is 0. The highest BCUT2D eigenvalue weighted by molar-refractivity contribution is 7.99. The number of halogens is 1. The largest absolute Gasteiger partial charge is 0.355 e. The van der Waals surface area contributed by atoms with Gasteiger partial charge in [-0.15, -0.1) is 0 Å². The van der Waals surface area contributed by atoms with Crippen molar-refractivity contribution in [3.05, 3.63) is 11.2 Å². The fourth-order valence-corrected chi connectivity index (χ4v) is 3.89. The van der Waals surface area contributed by atoms with Crippen LogP contribution >= 0.6 is 23.4 Å².